The number of amides is 4. The number of fused-ring (bicyclic) bond motifs is 1. The summed E-state index contributed by atoms with van der Waals surface area (Å²) >= 11 is 1.41. The second kappa shape index (κ2) is 28.5. The predicted octanol–water partition coefficient (Wildman–Crippen LogP) is 1.90. The van der Waals surface area contributed by atoms with Crippen LogP contribution >= 0.6 is 11.9 Å². The first-order valence-corrected chi connectivity index (χ1v) is 21.5. The van der Waals surface area contributed by atoms with E-state index < -0.39 is 18.0 Å². The van der Waals surface area contributed by atoms with Crippen LogP contribution in [0.15, 0.2) is 72.0 Å². The number of carbonyl (C=O) groups excluding carboxylic acids is 4. The quantitative estimate of drug-likeness (QED) is 0.144. The molecule has 3 atom stereocenters. The summed E-state index contributed by atoms with van der Waals surface area (Å²) in [4.78, 5) is 70.0. The maximum atomic E-state index is 13.1. The summed E-state index contributed by atoms with van der Waals surface area (Å²) in [6, 6.07) is 15.5. The Kier molecular flexibility index (Phi) is 26.1. The summed E-state index contributed by atoms with van der Waals surface area (Å²) < 4.78 is 8.01. The topological polar surface area (TPSA) is 141 Å². The van der Waals surface area contributed by atoms with Crippen LogP contribution in [0.4, 0.5) is 0 Å². The van der Waals surface area contributed by atoms with Gasteiger partial charge in [0.05, 0.1) is 12.6 Å². The third-order valence-electron chi connectivity index (χ3n) is 9.46. The second-order valence-corrected chi connectivity index (χ2v) is 16.3. The van der Waals surface area contributed by atoms with Gasteiger partial charge >= 0.3 is 51.4 Å². The predicted molar refractivity (Wildman–Crippen MR) is 233 cm³/mol. The van der Waals surface area contributed by atoms with Crippen LogP contribution in [-0.4, -0.2) is 82.5 Å². The number of carbonyl (C=O) groups is 4. The Balaban J connectivity index is 0.000000548. The summed E-state index contributed by atoms with van der Waals surface area (Å²) in [7, 11) is 1.61. The Morgan fingerprint density at radius 1 is 0.932 bits per heavy atom. The fraction of sp³-hybridized carbons (Fsp3) is 0.533. The van der Waals surface area contributed by atoms with E-state index in [1.54, 1.807) is 43.2 Å². The molecule has 0 radical (unpaired) electrons. The Morgan fingerprint density at radius 3 is 2.17 bits per heavy atom. The molecule has 4 amide bonds. The first-order valence-electron chi connectivity index (χ1n) is 20.6. The van der Waals surface area contributed by atoms with Crippen LogP contribution in [-0.2, 0) is 19.2 Å². The van der Waals surface area contributed by atoms with Gasteiger partial charge < -0.3 is 29.5 Å². The van der Waals surface area contributed by atoms with Gasteiger partial charge in [0.2, 0.25) is 17.7 Å². The zero-order valence-corrected chi connectivity index (χ0v) is 40.4. The van der Waals surface area contributed by atoms with Crippen LogP contribution in [0.2, 0.25) is 0 Å². The van der Waals surface area contributed by atoms with E-state index in [-0.39, 0.29) is 91.6 Å². The van der Waals surface area contributed by atoms with Gasteiger partial charge in [-0.1, -0.05) is 78.0 Å². The number of H-pyrrole nitrogens is 1. The van der Waals surface area contributed by atoms with Crippen LogP contribution in [0, 0.1) is 11.8 Å². The standard InChI is InChI=1S/C23H36N4O4S.C16H13NO2.C4H10.C2H6.FH.K/c1-3-8-18(21(29)25-32-17-10-11-17)24-22(30)19-9-7-14-27(19)23(31)16(2)15-20(28)26-12-5-4-6-13-26;1-19-12-7-8-13-15(9-12)17-14(10-16(13)18)11-5-3-2-4-6-11;1-4(2)3;1-2;;/h3,16-19H,1,4-15H2,2H3,(H,24,30)(H,25,29);2-10H,1H3,(H,17,18);4H,1-3H3;1-2H3;1H;/q;;;;;+1/p-1/t16-,18?,19+;;;;;/m1...../s1. The van der Waals surface area contributed by atoms with E-state index in [1.807, 2.05) is 55.1 Å². The van der Waals surface area contributed by atoms with Crippen molar-refractivity contribution >= 4 is 46.5 Å². The minimum atomic E-state index is -0.707. The average molecular weight is 862 g/mol. The Bertz CT molecular complexity index is 1820. The first kappa shape index (κ1) is 54.0. The van der Waals surface area contributed by atoms with Gasteiger partial charge in [-0.25, -0.2) is 0 Å². The monoisotopic (exact) mass is 861 g/mol. The van der Waals surface area contributed by atoms with Gasteiger partial charge in [-0.05, 0) is 86.9 Å². The van der Waals surface area contributed by atoms with Gasteiger partial charge in [0, 0.05) is 60.4 Å². The summed E-state index contributed by atoms with van der Waals surface area (Å²) in [6.07, 6.45) is 8.76. The zero-order valence-electron chi connectivity index (χ0n) is 36.5. The zero-order chi connectivity index (χ0) is 41.9. The van der Waals surface area contributed by atoms with E-state index in [1.165, 1.54) is 11.9 Å². The minimum Gasteiger partial charge on any atom is -1.00 e. The molecule has 1 aromatic heterocycles. The molecular weight excluding hydrogens is 797 g/mol. The summed E-state index contributed by atoms with van der Waals surface area (Å²) in [5, 5.41) is 3.95. The molecule has 3 heterocycles. The fourth-order valence-electron chi connectivity index (χ4n) is 6.40. The van der Waals surface area contributed by atoms with Crippen molar-refractivity contribution in [3.8, 4) is 17.0 Å². The molecule has 14 heteroatoms. The van der Waals surface area contributed by atoms with Crippen molar-refractivity contribution in [2.75, 3.05) is 26.7 Å². The van der Waals surface area contributed by atoms with Gasteiger partial charge in [-0.3, -0.25) is 28.7 Å². The maximum Gasteiger partial charge on any atom is 1.00 e. The van der Waals surface area contributed by atoms with Gasteiger partial charge in [-0.2, -0.15) is 0 Å². The number of halogens is 1. The van der Waals surface area contributed by atoms with Crippen molar-refractivity contribution in [2.45, 2.75) is 117 Å². The first-order chi connectivity index (χ1) is 27.4. The molecule has 1 saturated carbocycles. The Hall–Kier alpha value is -3.01. The molecule has 3 N–H and O–H groups in total. The number of aromatic nitrogens is 1. The number of rotatable bonds is 12. The van der Waals surface area contributed by atoms with Gasteiger partial charge in [0.25, 0.3) is 5.91 Å². The number of piperidine rings is 1. The van der Waals surface area contributed by atoms with E-state index in [4.69, 9.17) is 4.74 Å². The second-order valence-electron chi connectivity index (χ2n) is 15.2. The van der Waals surface area contributed by atoms with E-state index in [0.717, 1.165) is 80.1 Å². The van der Waals surface area contributed by atoms with Gasteiger partial charge in [0.15, 0.2) is 5.43 Å². The van der Waals surface area contributed by atoms with Gasteiger partial charge in [-0.15, -0.1) is 6.58 Å². The number of benzene rings is 2. The molecule has 6 rings (SSSR count). The van der Waals surface area contributed by atoms with Crippen molar-refractivity contribution in [3.05, 3.63) is 77.5 Å². The van der Waals surface area contributed by atoms with Crippen molar-refractivity contribution in [3.63, 3.8) is 0 Å². The number of nitrogens with one attached hydrogen (secondary N) is 3. The number of ether oxygens (including phenoxy) is 1. The SMILES string of the molecule is C=CCC(NC(=O)[C@@H]1CCCN1C(=O)[C@H](C)CC(=O)N1CCCCC1)C(=O)NSC1CC1.CC.CC(C)C.COc1ccc2c(=O)cc(-c3ccccc3)[nH]c2c1.[F-].[K+]. The molecule has 11 nitrogen and oxygen atoms in total. The minimum absolute atomic E-state index is 0. The van der Waals surface area contributed by atoms with E-state index >= 15 is 0 Å². The Morgan fingerprint density at radius 2 is 1.58 bits per heavy atom. The maximum absolute atomic E-state index is 13.1. The third kappa shape index (κ3) is 17.9. The van der Waals surface area contributed by atoms with E-state index in [2.05, 4.69) is 42.4 Å². The fourth-order valence-corrected chi connectivity index (χ4v) is 7.20. The molecule has 320 valence electrons. The Labute approximate surface area is 397 Å². The summed E-state index contributed by atoms with van der Waals surface area (Å²) in [6.45, 7) is 18.0. The largest absolute Gasteiger partial charge is 1.00 e. The van der Waals surface area contributed by atoms with Gasteiger partial charge in [0.1, 0.15) is 17.8 Å². The molecule has 3 aliphatic rings. The molecule has 3 aromatic rings. The number of aromatic amines is 1. The summed E-state index contributed by atoms with van der Waals surface area (Å²) in [5.74, 6) is 0.382. The molecule has 2 aromatic carbocycles. The number of pyridine rings is 1. The number of hydrogen-bond donors (Lipinski definition) is 3. The molecule has 1 unspecified atom stereocenters. The van der Waals surface area contributed by atoms with Crippen molar-refractivity contribution in [1.29, 1.82) is 0 Å². The molecule has 1 aliphatic carbocycles. The molecule has 59 heavy (non-hydrogen) atoms. The molecule has 0 spiro atoms. The van der Waals surface area contributed by atoms with E-state index in [9.17, 15) is 24.0 Å². The van der Waals surface area contributed by atoms with Crippen LogP contribution in [0.1, 0.15) is 99.3 Å². The van der Waals surface area contributed by atoms with Crippen LogP contribution in [0.5, 0.6) is 5.75 Å². The number of likely N-dealkylation sites (tertiary alicyclic amines) is 2. The molecule has 2 saturated heterocycles. The van der Waals surface area contributed by atoms with Crippen molar-refractivity contribution in [1.82, 2.24) is 24.8 Å². The van der Waals surface area contributed by atoms with Crippen molar-refractivity contribution in [2.24, 2.45) is 11.8 Å². The van der Waals surface area contributed by atoms with Crippen LogP contribution < -0.4 is 76.3 Å². The third-order valence-corrected chi connectivity index (χ3v) is 10.6. The summed E-state index contributed by atoms with van der Waals surface area (Å²) in [5.41, 5.74) is 2.59. The van der Waals surface area contributed by atoms with E-state index in [0.29, 0.717) is 30.0 Å². The molecule has 3 fully saturated rings. The average Bonchev–Trinajstić information content (AvgIpc) is 3.93. The van der Waals surface area contributed by atoms with Crippen LogP contribution in [0.25, 0.3) is 22.2 Å². The van der Waals surface area contributed by atoms with Crippen molar-refractivity contribution < 1.29 is 80.0 Å². The van der Waals surface area contributed by atoms with Crippen LogP contribution in [0.3, 0.4) is 0 Å². The molecular formula is C45H65FKN5O6S. The number of nitrogens with zero attached hydrogens (tertiary/aromatic N) is 2. The number of hydrogen-bond acceptors (Lipinski definition) is 7. The normalized spacial score (nSPS) is 16.4. The molecule has 2 aliphatic heterocycles. The smallest absolute Gasteiger partial charge is 1.00 e. The number of methoxy groups -OCH3 is 1. The molecule has 0 bridgehead atoms.